The van der Waals surface area contributed by atoms with Gasteiger partial charge in [0.25, 0.3) is 11.8 Å². The number of likely N-dealkylation sites (tertiary alicyclic amines) is 1. The number of hydrogen-bond acceptors (Lipinski definition) is 3. The number of aromatic amines is 1. The van der Waals surface area contributed by atoms with E-state index in [2.05, 4.69) is 15.3 Å². The molecular weight excluding hydrogens is 330 g/mol. The summed E-state index contributed by atoms with van der Waals surface area (Å²) in [5, 5.41) is 3.01. The molecule has 26 heavy (non-hydrogen) atoms. The van der Waals surface area contributed by atoms with E-state index in [1.165, 1.54) is 0 Å². The number of carbonyl (C=O) groups excluding carboxylic acids is 2. The van der Waals surface area contributed by atoms with Crippen LogP contribution in [0.4, 0.5) is 0 Å². The molecule has 3 aromatic rings. The smallest absolute Gasteiger partial charge is 0.268 e. The van der Waals surface area contributed by atoms with Crippen LogP contribution < -0.4 is 5.32 Å². The third-order valence-corrected chi connectivity index (χ3v) is 4.88. The number of piperidine rings is 1. The molecule has 1 saturated heterocycles. The summed E-state index contributed by atoms with van der Waals surface area (Å²) in [6.07, 6.45) is 8.80. The van der Waals surface area contributed by atoms with Crippen molar-refractivity contribution in [1.82, 2.24) is 24.6 Å². The topological polar surface area (TPSA) is 82.5 Å². The average molecular weight is 351 g/mol. The summed E-state index contributed by atoms with van der Waals surface area (Å²) in [7, 11) is 0. The molecule has 0 aromatic carbocycles. The lowest BCUT2D eigenvalue weighted by Crippen LogP contribution is -2.43. The fourth-order valence-corrected chi connectivity index (χ4v) is 3.52. The van der Waals surface area contributed by atoms with E-state index in [1.807, 2.05) is 17.0 Å². The van der Waals surface area contributed by atoms with Gasteiger partial charge in [-0.25, -0.2) is 4.98 Å². The van der Waals surface area contributed by atoms with Crippen LogP contribution in [0.5, 0.6) is 0 Å². The summed E-state index contributed by atoms with van der Waals surface area (Å²) in [6, 6.07) is 7.34. The van der Waals surface area contributed by atoms with Gasteiger partial charge >= 0.3 is 0 Å². The zero-order valence-electron chi connectivity index (χ0n) is 14.4. The molecule has 2 amide bonds. The van der Waals surface area contributed by atoms with E-state index in [0.717, 1.165) is 24.9 Å². The number of hydrogen-bond donors (Lipinski definition) is 2. The van der Waals surface area contributed by atoms with Crippen LogP contribution in [0.3, 0.4) is 0 Å². The highest BCUT2D eigenvalue weighted by Gasteiger charge is 2.25. The molecule has 1 aliphatic heterocycles. The van der Waals surface area contributed by atoms with Crippen molar-refractivity contribution in [1.29, 1.82) is 0 Å². The number of nitrogens with one attached hydrogen (secondary N) is 2. The van der Waals surface area contributed by atoms with Crippen LogP contribution in [0.1, 0.15) is 33.7 Å². The van der Waals surface area contributed by atoms with E-state index < -0.39 is 0 Å². The van der Waals surface area contributed by atoms with Gasteiger partial charge in [0.2, 0.25) is 0 Å². The summed E-state index contributed by atoms with van der Waals surface area (Å²) in [4.78, 5) is 33.9. The highest BCUT2D eigenvalue weighted by molar-refractivity contribution is 5.94. The van der Waals surface area contributed by atoms with Crippen LogP contribution in [0, 0.1) is 5.92 Å². The Kier molecular flexibility index (Phi) is 4.43. The fraction of sp³-hybridized carbons (Fsp3) is 0.316. The Balaban J connectivity index is 1.37. The molecule has 4 heterocycles. The number of amides is 2. The second-order valence-corrected chi connectivity index (χ2v) is 6.67. The minimum atomic E-state index is -0.123. The molecule has 7 heteroatoms. The largest absolute Gasteiger partial charge is 0.367 e. The van der Waals surface area contributed by atoms with E-state index in [0.29, 0.717) is 24.3 Å². The first-order chi connectivity index (χ1) is 12.7. The predicted molar refractivity (Wildman–Crippen MR) is 96.9 cm³/mol. The van der Waals surface area contributed by atoms with Gasteiger partial charge in [0.15, 0.2) is 0 Å². The molecular formula is C19H21N5O2. The maximum Gasteiger partial charge on any atom is 0.268 e. The molecule has 1 unspecified atom stereocenters. The van der Waals surface area contributed by atoms with Crippen molar-refractivity contribution in [3.8, 4) is 0 Å². The zero-order valence-corrected chi connectivity index (χ0v) is 14.4. The third-order valence-electron chi connectivity index (χ3n) is 4.88. The quantitative estimate of drug-likeness (QED) is 0.754. The highest BCUT2D eigenvalue weighted by Crippen LogP contribution is 2.18. The van der Waals surface area contributed by atoms with E-state index in [4.69, 9.17) is 0 Å². The summed E-state index contributed by atoms with van der Waals surface area (Å²) >= 11 is 0. The molecule has 0 aliphatic carbocycles. The van der Waals surface area contributed by atoms with E-state index in [1.54, 1.807) is 41.5 Å². The van der Waals surface area contributed by atoms with Crippen LogP contribution in [-0.4, -0.2) is 50.7 Å². The number of imidazole rings is 1. The normalized spacial score (nSPS) is 17.4. The Bertz CT molecular complexity index is 915. The fourth-order valence-electron chi connectivity index (χ4n) is 3.52. The first-order valence-corrected chi connectivity index (χ1v) is 8.84. The highest BCUT2D eigenvalue weighted by atomic mass is 16.2. The van der Waals surface area contributed by atoms with Crippen LogP contribution in [0.2, 0.25) is 0 Å². The molecule has 0 radical (unpaired) electrons. The number of pyridine rings is 1. The number of carbonyl (C=O) groups is 2. The van der Waals surface area contributed by atoms with Crippen LogP contribution in [0.15, 0.2) is 49.2 Å². The van der Waals surface area contributed by atoms with Crippen molar-refractivity contribution in [3.05, 3.63) is 60.4 Å². The Morgan fingerprint density at radius 3 is 3.08 bits per heavy atom. The first-order valence-electron chi connectivity index (χ1n) is 8.84. The molecule has 7 nitrogen and oxygen atoms in total. The average Bonchev–Trinajstić information content (AvgIpc) is 3.37. The van der Waals surface area contributed by atoms with Gasteiger partial charge in [-0.3, -0.25) is 14.0 Å². The summed E-state index contributed by atoms with van der Waals surface area (Å²) in [5.41, 5.74) is 2.14. The lowest BCUT2D eigenvalue weighted by molar-refractivity contribution is 0.0671. The summed E-state index contributed by atoms with van der Waals surface area (Å²) in [6.45, 7) is 1.99. The monoisotopic (exact) mass is 351 g/mol. The lowest BCUT2D eigenvalue weighted by atomic mass is 9.97. The number of H-pyrrole nitrogens is 1. The van der Waals surface area contributed by atoms with Crippen molar-refractivity contribution in [2.75, 3.05) is 19.6 Å². The summed E-state index contributed by atoms with van der Waals surface area (Å²) < 4.78 is 1.78. The van der Waals surface area contributed by atoms with Crippen molar-refractivity contribution < 1.29 is 9.59 Å². The van der Waals surface area contributed by atoms with Gasteiger partial charge in [-0.05, 0) is 37.0 Å². The van der Waals surface area contributed by atoms with Crippen LogP contribution in [0.25, 0.3) is 5.52 Å². The Labute approximate surface area is 151 Å². The predicted octanol–water partition coefficient (Wildman–Crippen LogP) is 1.94. The van der Waals surface area contributed by atoms with Crippen molar-refractivity contribution in [2.45, 2.75) is 12.8 Å². The standard InChI is InChI=1S/C19H21N5O2/c25-18(17-5-1-4-16-11-21-13-24(16)17)22-9-14-3-2-8-23(12-14)19(26)15-6-7-20-10-15/h1,4-7,10-11,13-14,20H,2-3,8-9,12H2,(H,22,25). The molecule has 0 spiro atoms. The number of nitrogens with zero attached hydrogens (tertiary/aromatic N) is 3. The van der Waals surface area contributed by atoms with Gasteiger partial charge in [-0.1, -0.05) is 6.07 Å². The zero-order chi connectivity index (χ0) is 17.9. The van der Waals surface area contributed by atoms with Gasteiger partial charge in [-0.2, -0.15) is 0 Å². The molecule has 134 valence electrons. The molecule has 1 atom stereocenters. The van der Waals surface area contributed by atoms with Gasteiger partial charge < -0.3 is 15.2 Å². The third kappa shape index (κ3) is 3.20. The lowest BCUT2D eigenvalue weighted by Gasteiger charge is -2.32. The second-order valence-electron chi connectivity index (χ2n) is 6.67. The number of fused-ring (bicyclic) bond motifs is 1. The van der Waals surface area contributed by atoms with Crippen molar-refractivity contribution in [2.24, 2.45) is 5.92 Å². The van der Waals surface area contributed by atoms with Gasteiger partial charge in [0.05, 0.1) is 23.6 Å². The van der Waals surface area contributed by atoms with E-state index >= 15 is 0 Å². The molecule has 4 rings (SSSR count). The van der Waals surface area contributed by atoms with E-state index in [9.17, 15) is 9.59 Å². The van der Waals surface area contributed by atoms with E-state index in [-0.39, 0.29) is 17.7 Å². The molecule has 0 bridgehead atoms. The number of aromatic nitrogens is 3. The second kappa shape index (κ2) is 7.03. The maximum absolute atomic E-state index is 12.6. The molecule has 2 N–H and O–H groups in total. The Morgan fingerprint density at radius 2 is 2.23 bits per heavy atom. The van der Waals surface area contributed by atoms with Crippen molar-refractivity contribution in [3.63, 3.8) is 0 Å². The Morgan fingerprint density at radius 1 is 1.31 bits per heavy atom. The van der Waals surface area contributed by atoms with Crippen molar-refractivity contribution >= 4 is 17.3 Å². The van der Waals surface area contributed by atoms with Crippen LogP contribution in [-0.2, 0) is 0 Å². The minimum Gasteiger partial charge on any atom is -0.367 e. The van der Waals surface area contributed by atoms with Gasteiger partial charge in [0.1, 0.15) is 5.69 Å². The van der Waals surface area contributed by atoms with Crippen LogP contribution >= 0.6 is 0 Å². The molecule has 1 aliphatic rings. The molecule has 1 fully saturated rings. The first kappa shape index (κ1) is 16.4. The van der Waals surface area contributed by atoms with Gasteiger partial charge in [0, 0.05) is 32.0 Å². The molecule has 3 aromatic heterocycles. The summed E-state index contributed by atoms with van der Waals surface area (Å²) in [5.74, 6) is 0.186. The molecule has 0 saturated carbocycles. The number of rotatable bonds is 4. The Hall–Kier alpha value is -3.09. The SMILES string of the molecule is O=C(NCC1CCCN(C(=O)c2cc[nH]c2)C1)c1cccc2cncn12. The van der Waals surface area contributed by atoms with Gasteiger partial charge in [-0.15, -0.1) is 0 Å². The maximum atomic E-state index is 12.6. The minimum absolute atomic E-state index is 0.0467.